The number of esters is 1. The van der Waals surface area contributed by atoms with Crippen molar-refractivity contribution >= 4 is 5.97 Å². The minimum atomic E-state index is -0.582. The fourth-order valence-corrected chi connectivity index (χ4v) is 3.45. The molecule has 2 N–H and O–H groups in total. The number of hydrogen-bond donors (Lipinski definition) is 2. The molecular formula is C15H22O5. The number of fused-ring (bicyclic) bond motifs is 2. The van der Waals surface area contributed by atoms with Crippen LogP contribution >= 0.6 is 0 Å². The molecule has 0 amide bonds. The molecule has 20 heavy (non-hydrogen) atoms. The molecule has 0 aromatic carbocycles. The van der Waals surface area contributed by atoms with Crippen molar-refractivity contribution in [2.24, 2.45) is 11.8 Å². The van der Waals surface area contributed by atoms with Gasteiger partial charge in [0.2, 0.25) is 0 Å². The number of aliphatic hydroxyl groups excluding tert-OH is 2. The van der Waals surface area contributed by atoms with Crippen molar-refractivity contribution in [2.75, 3.05) is 6.61 Å². The monoisotopic (exact) mass is 282 g/mol. The number of ether oxygens (including phenoxy) is 2. The lowest BCUT2D eigenvalue weighted by Crippen LogP contribution is -2.35. The molecule has 2 aliphatic heterocycles. The van der Waals surface area contributed by atoms with Crippen LogP contribution < -0.4 is 0 Å². The molecule has 1 aliphatic carbocycles. The Kier molecular flexibility index (Phi) is 3.39. The Labute approximate surface area is 118 Å². The number of hydrogen-bond acceptors (Lipinski definition) is 5. The summed E-state index contributed by atoms with van der Waals surface area (Å²) in [6.45, 7) is 3.73. The van der Waals surface area contributed by atoms with Gasteiger partial charge in [0.1, 0.15) is 11.7 Å². The van der Waals surface area contributed by atoms with Gasteiger partial charge < -0.3 is 19.7 Å². The van der Waals surface area contributed by atoms with Gasteiger partial charge in [-0.3, -0.25) is 4.79 Å². The molecule has 2 fully saturated rings. The molecule has 0 saturated carbocycles. The van der Waals surface area contributed by atoms with Crippen LogP contribution in [0.3, 0.4) is 0 Å². The number of epoxide rings is 1. The van der Waals surface area contributed by atoms with Gasteiger partial charge in [-0.15, -0.1) is 0 Å². The maximum absolute atomic E-state index is 11.8. The van der Waals surface area contributed by atoms with E-state index >= 15 is 0 Å². The first-order chi connectivity index (χ1) is 9.45. The van der Waals surface area contributed by atoms with Gasteiger partial charge in [0.15, 0.2) is 0 Å². The smallest absolute Gasteiger partial charge is 0.309 e. The van der Waals surface area contributed by atoms with Crippen LogP contribution in [0.2, 0.25) is 0 Å². The normalized spacial score (nSPS) is 50.5. The molecule has 0 radical (unpaired) electrons. The molecule has 0 aromatic heterocycles. The van der Waals surface area contributed by atoms with Gasteiger partial charge in [0.25, 0.3) is 0 Å². The van der Waals surface area contributed by atoms with Crippen LogP contribution in [-0.4, -0.2) is 46.7 Å². The average Bonchev–Trinajstić information content (AvgIpc) is 3.02. The van der Waals surface area contributed by atoms with Crippen LogP contribution in [0, 0.1) is 11.8 Å². The van der Waals surface area contributed by atoms with Crippen molar-refractivity contribution in [3.05, 3.63) is 11.6 Å². The van der Waals surface area contributed by atoms with Crippen molar-refractivity contribution in [1.29, 1.82) is 0 Å². The predicted octanol–water partition coefficient (Wildman–Crippen LogP) is 0.785. The SMILES string of the molecule is C[C@@H]1C(=O)O[C@@H]2/C=C(\CO)CC[C@H]3O[C@@]3(C)[C@@H](O)C[C@@H]12. The lowest BCUT2D eigenvalue weighted by Gasteiger charge is -2.24. The molecule has 5 nitrogen and oxygen atoms in total. The second kappa shape index (κ2) is 4.83. The van der Waals surface area contributed by atoms with E-state index in [1.807, 2.05) is 19.9 Å². The van der Waals surface area contributed by atoms with E-state index < -0.39 is 11.7 Å². The molecule has 2 heterocycles. The summed E-state index contributed by atoms with van der Waals surface area (Å²) in [6.07, 6.45) is 2.95. The molecule has 5 heteroatoms. The van der Waals surface area contributed by atoms with Gasteiger partial charge in [0.05, 0.1) is 24.7 Å². The van der Waals surface area contributed by atoms with Crippen molar-refractivity contribution < 1.29 is 24.5 Å². The highest BCUT2D eigenvalue weighted by molar-refractivity contribution is 5.75. The summed E-state index contributed by atoms with van der Waals surface area (Å²) in [7, 11) is 0. The van der Waals surface area contributed by atoms with Gasteiger partial charge in [-0.05, 0) is 37.8 Å². The molecule has 0 unspecified atom stereocenters. The fraction of sp³-hybridized carbons (Fsp3) is 0.800. The number of carbonyl (C=O) groups is 1. The van der Waals surface area contributed by atoms with E-state index in [-0.39, 0.29) is 36.6 Å². The summed E-state index contributed by atoms with van der Waals surface area (Å²) in [4.78, 5) is 11.8. The van der Waals surface area contributed by atoms with Gasteiger partial charge >= 0.3 is 5.97 Å². The summed E-state index contributed by atoms with van der Waals surface area (Å²) in [5, 5.41) is 19.9. The highest BCUT2D eigenvalue weighted by Crippen LogP contribution is 2.47. The van der Waals surface area contributed by atoms with Crippen molar-refractivity contribution in [3.8, 4) is 0 Å². The van der Waals surface area contributed by atoms with Crippen LogP contribution in [0.15, 0.2) is 11.6 Å². The quantitative estimate of drug-likeness (QED) is 0.422. The minimum Gasteiger partial charge on any atom is -0.458 e. The van der Waals surface area contributed by atoms with E-state index in [1.165, 1.54) is 0 Å². The van der Waals surface area contributed by atoms with Crippen LogP contribution in [-0.2, 0) is 14.3 Å². The van der Waals surface area contributed by atoms with E-state index in [0.29, 0.717) is 12.8 Å². The van der Waals surface area contributed by atoms with E-state index in [4.69, 9.17) is 9.47 Å². The summed E-state index contributed by atoms with van der Waals surface area (Å²) in [5.74, 6) is -0.511. The second-order valence-electron chi connectivity index (χ2n) is 6.42. The fourth-order valence-electron chi connectivity index (χ4n) is 3.45. The topological polar surface area (TPSA) is 79.3 Å². The average molecular weight is 282 g/mol. The third-order valence-corrected chi connectivity index (χ3v) is 5.15. The molecule has 0 bridgehead atoms. The van der Waals surface area contributed by atoms with Crippen molar-refractivity contribution in [1.82, 2.24) is 0 Å². The Morgan fingerprint density at radius 3 is 2.95 bits per heavy atom. The minimum absolute atomic E-state index is 0.0266. The molecule has 3 aliphatic rings. The molecule has 0 aromatic rings. The van der Waals surface area contributed by atoms with Crippen LogP contribution in [0.25, 0.3) is 0 Å². The van der Waals surface area contributed by atoms with Crippen LogP contribution in [0.1, 0.15) is 33.1 Å². The Bertz CT molecular complexity index is 446. The Morgan fingerprint density at radius 2 is 2.25 bits per heavy atom. The largest absolute Gasteiger partial charge is 0.458 e. The number of aliphatic hydroxyl groups is 2. The predicted molar refractivity (Wildman–Crippen MR) is 70.8 cm³/mol. The number of carbonyl (C=O) groups excluding carboxylic acids is 1. The third-order valence-electron chi connectivity index (χ3n) is 5.15. The van der Waals surface area contributed by atoms with Gasteiger partial charge in [-0.25, -0.2) is 0 Å². The molecule has 112 valence electrons. The first kappa shape index (κ1) is 14.0. The highest BCUT2D eigenvalue weighted by atomic mass is 16.6. The Morgan fingerprint density at radius 1 is 1.50 bits per heavy atom. The van der Waals surface area contributed by atoms with E-state index in [1.54, 1.807) is 0 Å². The third kappa shape index (κ3) is 2.18. The van der Waals surface area contributed by atoms with E-state index in [2.05, 4.69) is 0 Å². The molecular weight excluding hydrogens is 260 g/mol. The lowest BCUT2D eigenvalue weighted by molar-refractivity contribution is -0.142. The second-order valence-corrected chi connectivity index (χ2v) is 6.42. The maximum Gasteiger partial charge on any atom is 0.309 e. The molecule has 2 saturated heterocycles. The van der Waals surface area contributed by atoms with Crippen molar-refractivity contribution in [2.45, 2.75) is 57.0 Å². The van der Waals surface area contributed by atoms with Crippen LogP contribution in [0.4, 0.5) is 0 Å². The number of rotatable bonds is 1. The first-order valence-corrected chi connectivity index (χ1v) is 7.32. The van der Waals surface area contributed by atoms with E-state index in [9.17, 15) is 15.0 Å². The molecule has 0 spiro atoms. The molecule has 3 rings (SSSR count). The summed E-state index contributed by atoms with van der Waals surface area (Å²) >= 11 is 0. The maximum atomic E-state index is 11.8. The Balaban J connectivity index is 1.89. The first-order valence-electron chi connectivity index (χ1n) is 7.32. The standard InChI is InChI=1S/C15H22O5/c1-8-10-6-12(17)15(2)13(20-15)4-3-9(7-16)5-11(10)19-14(8)18/h5,8,10-13,16-17H,3-4,6-7H2,1-2H3/b9-5-/t8-,10-,11+,12-,13+,15-/m0/s1. The summed E-state index contributed by atoms with van der Waals surface area (Å²) in [6, 6.07) is 0. The van der Waals surface area contributed by atoms with Gasteiger partial charge in [-0.1, -0.05) is 6.92 Å². The van der Waals surface area contributed by atoms with E-state index in [0.717, 1.165) is 12.0 Å². The summed E-state index contributed by atoms with van der Waals surface area (Å²) in [5.41, 5.74) is 0.379. The van der Waals surface area contributed by atoms with Gasteiger partial charge in [-0.2, -0.15) is 0 Å². The van der Waals surface area contributed by atoms with Crippen LogP contribution in [0.5, 0.6) is 0 Å². The summed E-state index contributed by atoms with van der Waals surface area (Å²) < 4.78 is 11.1. The van der Waals surface area contributed by atoms with Gasteiger partial charge in [0, 0.05) is 5.92 Å². The zero-order valence-electron chi connectivity index (χ0n) is 11.9. The highest BCUT2D eigenvalue weighted by Gasteiger charge is 2.58. The zero-order chi connectivity index (χ0) is 14.5. The Hall–Kier alpha value is -0.910. The van der Waals surface area contributed by atoms with Crippen molar-refractivity contribution in [3.63, 3.8) is 0 Å². The zero-order valence-corrected chi connectivity index (χ0v) is 11.9. The lowest BCUT2D eigenvalue weighted by atomic mass is 9.81. The molecule has 6 atom stereocenters.